The zero-order chi connectivity index (χ0) is 14.3. The van der Waals surface area contributed by atoms with E-state index in [1.165, 1.54) is 0 Å². The van der Waals surface area contributed by atoms with E-state index < -0.39 is 18.0 Å². The first-order valence-electron chi connectivity index (χ1n) is 6.11. The number of carbonyl (C=O) groups excluding carboxylic acids is 1. The van der Waals surface area contributed by atoms with E-state index in [0.29, 0.717) is 18.7 Å². The van der Waals surface area contributed by atoms with E-state index in [1.54, 1.807) is 13.0 Å². The number of rotatable bonds is 6. The molecule has 19 heavy (non-hydrogen) atoms. The summed E-state index contributed by atoms with van der Waals surface area (Å²) in [7, 11) is 1.81. The summed E-state index contributed by atoms with van der Waals surface area (Å²) in [5.41, 5.74) is 1.60. The highest BCUT2D eigenvalue weighted by atomic mass is 16.4. The molecule has 0 aliphatic carbocycles. The summed E-state index contributed by atoms with van der Waals surface area (Å²) in [5.74, 6) is -1.04. The Balaban J connectivity index is 2.69. The van der Waals surface area contributed by atoms with Gasteiger partial charge in [-0.2, -0.15) is 0 Å². The lowest BCUT2D eigenvalue weighted by molar-refractivity contribution is -0.139. The van der Waals surface area contributed by atoms with Crippen LogP contribution in [0.5, 0.6) is 0 Å². The second-order valence-electron chi connectivity index (χ2n) is 4.09. The van der Waals surface area contributed by atoms with Crippen molar-refractivity contribution in [3.63, 3.8) is 0 Å². The number of nitrogens with one attached hydrogen (secondary N) is 3. The Labute approximate surface area is 112 Å². The van der Waals surface area contributed by atoms with E-state index in [-0.39, 0.29) is 0 Å². The summed E-state index contributed by atoms with van der Waals surface area (Å²) in [4.78, 5) is 22.6. The van der Waals surface area contributed by atoms with Crippen LogP contribution in [0.4, 0.5) is 10.5 Å². The van der Waals surface area contributed by atoms with Gasteiger partial charge in [0.15, 0.2) is 0 Å². The number of para-hydroxylation sites is 1. The quantitative estimate of drug-likeness (QED) is 0.625. The second kappa shape index (κ2) is 7.38. The molecule has 0 aliphatic rings. The van der Waals surface area contributed by atoms with Crippen molar-refractivity contribution >= 4 is 17.7 Å². The fraction of sp³-hybridized carbons (Fsp3) is 0.385. The summed E-state index contributed by atoms with van der Waals surface area (Å²) in [6.07, 6.45) is 0.334. The Morgan fingerprint density at radius 2 is 2.00 bits per heavy atom. The van der Waals surface area contributed by atoms with Gasteiger partial charge in [-0.3, -0.25) is 0 Å². The molecule has 0 aliphatic heterocycles. The summed E-state index contributed by atoms with van der Waals surface area (Å²) in [6.45, 7) is 2.32. The van der Waals surface area contributed by atoms with Gasteiger partial charge in [0.2, 0.25) is 0 Å². The third-order valence-electron chi connectivity index (χ3n) is 2.64. The van der Waals surface area contributed by atoms with Crippen LogP contribution in [-0.4, -0.2) is 30.2 Å². The van der Waals surface area contributed by atoms with Gasteiger partial charge in [0.25, 0.3) is 0 Å². The van der Waals surface area contributed by atoms with Crippen LogP contribution < -0.4 is 16.0 Å². The largest absolute Gasteiger partial charge is 0.480 e. The number of carbonyl (C=O) groups is 2. The minimum atomic E-state index is -1.04. The maximum absolute atomic E-state index is 11.7. The molecule has 6 nitrogen and oxygen atoms in total. The monoisotopic (exact) mass is 265 g/mol. The molecule has 0 heterocycles. The molecule has 1 aromatic carbocycles. The van der Waals surface area contributed by atoms with Crippen molar-refractivity contribution in [3.8, 4) is 0 Å². The molecule has 104 valence electrons. The van der Waals surface area contributed by atoms with Crippen LogP contribution in [0.15, 0.2) is 24.3 Å². The van der Waals surface area contributed by atoms with Crippen LogP contribution in [-0.2, 0) is 11.3 Å². The number of carboxylic acid groups (broad SMARTS) is 1. The van der Waals surface area contributed by atoms with Crippen LogP contribution in [0.1, 0.15) is 18.9 Å². The van der Waals surface area contributed by atoms with Crippen LogP contribution in [0.2, 0.25) is 0 Å². The highest BCUT2D eigenvalue weighted by molar-refractivity contribution is 5.92. The number of urea groups is 1. The van der Waals surface area contributed by atoms with Crippen molar-refractivity contribution in [2.45, 2.75) is 25.9 Å². The van der Waals surface area contributed by atoms with Crippen molar-refractivity contribution in [3.05, 3.63) is 29.8 Å². The smallest absolute Gasteiger partial charge is 0.326 e. The maximum Gasteiger partial charge on any atom is 0.326 e. The topological polar surface area (TPSA) is 90.5 Å². The van der Waals surface area contributed by atoms with Gasteiger partial charge in [-0.25, -0.2) is 9.59 Å². The van der Waals surface area contributed by atoms with Crippen molar-refractivity contribution in [2.24, 2.45) is 0 Å². The number of anilines is 1. The van der Waals surface area contributed by atoms with Gasteiger partial charge in [-0.05, 0) is 25.1 Å². The van der Waals surface area contributed by atoms with E-state index in [9.17, 15) is 9.59 Å². The molecule has 0 aromatic heterocycles. The molecule has 1 atom stereocenters. The zero-order valence-corrected chi connectivity index (χ0v) is 11.1. The number of hydrogen-bond donors (Lipinski definition) is 4. The van der Waals surface area contributed by atoms with Gasteiger partial charge >= 0.3 is 12.0 Å². The Bertz CT molecular complexity index is 449. The van der Waals surface area contributed by atoms with Crippen molar-refractivity contribution in [2.75, 3.05) is 12.4 Å². The standard InChI is InChI=1S/C13H19N3O3/c1-3-10(12(17)18)15-13(19)16-11-7-5-4-6-9(11)8-14-2/h4-7,10,14H,3,8H2,1-2H3,(H,17,18)(H2,15,16,19). The summed E-state index contributed by atoms with van der Waals surface area (Å²) < 4.78 is 0. The molecular weight excluding hydrogens is 246 g/mol. The van der Waals surface area contributed by atoms with Crippen molar-refractivity contribution in [1.82, 2.24) is 10.6 Å². The molecule has 6 heteroatoms. The lowest BCUT2D eigenvalue weighted by atomic mass is 10.2. The molecule has 4 N–H and O–H groups in total. The zero-order valence-electron chi connectivity index (χ0n) is 11.1. The Morgan fingerprint density at radius 3 is 2.58 bits per heavy atom. The lowest BCUT2D eigenvalue weighted by Gasteiger charge is -2.15. The normalized spacial score (nSPS) is 11.7. The first kappa shape index (κ1) is 15.0. The SMILES string of the molecule is CCC(NC(=O)Nc1ccccc1CNC)C(=O)O. The van der Waals surface area contributed by atoms with Gasteiger partial charge in [0, 0.05) is 12.2 Å². The van der Waals surface area contributed by atoms with Gasteiger partial charge in [0.1, 0.15) is 6.04 Å². The van der Waals surface area contributed by atoms with Crippen LogP contribution in [0.25, 0.3) is 0 Å². The molecule has 0 saturated heterocycles. The highest BCUT2D eigenvalue weighted by Gasteiger charge is 2.17. The van der Waals surface area contributed by atoms with Crippen LogP contribution >= 0.6 is 0 Å². The number of benzene rings is 1. The fourth-order valence-corrected chi connectivity index (χ4v) is 1.64. The molecule has 0 saturated carbocycles. The number of carboxylic acids is 1. The predicted octanol–water partition coefficient (Wildman–Crippen LogP) is 1.39. The second-order valence-corrected chi connectivity index (χ2v) is 4.09. The Kier molecular flexibility index (Phi) is 5.81. The third kappa shape index (κ3) is 4.59. The van der Waals surface area contributed by atoms with Crippen LogP contribution in [0.3, 0.4) is 0 Å². The lowest BCUT2D eigenvalue weighted by Crippen LogP contribution is -2.42. The van der Waals surface area contributed by atoms with Crippen molar-refractivity contribution < 1.29 is 14.7 Å². The van der Waals surface area contributed by atoms with E-state index in [1.807, 2.05) is 25.2 Å². The average Bonchev–Trinajstić information content (AvgIpc) is 2.38. The number of aliphatic carboxylic acids is 1. The predicted molar refractivity (Wildman–Crippen MR) is 73.1 cm³/mol. The third-order valence-corrected chi connectivity index (χ3v) is 2.64. The van der Waals surface area contributed by atoms with Gasteiger partial charge in [0.05, 0.1) is 0 Å². The average molecular weight is 265 g/mol. The minimum Gasteiger partial charge on any atom is -0.480 e. The molecule has 0 radical (unpaired) electrons. The van der Waals surface area contributed by atoms with E-state index in [0.717, 1.165) is 5.56 Å². The highest BCUT2D eigenvalue weighted by Crippen LogP contribution is 2.14. The van der Waals surface area contributed by atoms with E-state index >= 15 is 0 Å². The minimum absolute atomic E-state index is 0.334. The van der Waals surface area contributed by atoms with E-state index in [4.69, 9.17) is 5.11 Å². The maximum atomic E-state index is 11.7. The molecule has 1 unspecified atom stereocenters. The molecule has 0 spiro atoms. The fourth-order valence-electron chi connectivity index (χ4n) is 1.64. The Hall–Kier alpha value is -2.08. The molecular formula is C13H19N3O3. The molecule has 0 bridgehead atoms. The molecule has 1 aromatic rings. The number of hydrogen-bond acceptors (Lipinski definition) is 3. The van der Waals surface area contributed by atoms with Crippen LogP contribution in [0, 0.1) is 0 Å². The Morgan fingerprint density at radius 1 is 1.32 bits per heavy atom. The summed E-state index contributed by atoms with van der Waals surface area (Å²) >= 11 is 0. The molecule has 2 amide bonds. The molecule has 1 rings (SSSR count). The number of amides is 2. The van der Waals surface area contributed by atoms with E-state index in [2.05, 4.69) is 16.0 Å². The summed E-state index contributed by atoms with van der Waals surface area (Å²) in [5, 5.41) is 17.0. The first-order valence-corrected chi connectivity index (χ1v) is 6.11. The van der Waals surface area contributed by atoms with Gasteiger partial charge in [-0.1, -0.05) is 25.1 Å². The van der Waals surface area contributed by atoms with Crippen molar-refractivity contribution in [1.29, 1.82) is 0 Å². The molecule has 0 fully saturated rings. The first-order chi connectivity index (χ1) is 9.08. The summed E-state index contributed by atoms with van der Waals surface area (Å²) in [6, 6.07) is 5.95. The van der Waals surface area contributed by atoms with Gasteiger partial charge in [-0.15, -0.1) is 0 Å². The van der Waals surface area contributed by atoms with Gasteiger partial charge < -0.3 is 21.1 Å².